The second-order valence-electron chi connectivity index (χ2n) is 3.74. The van der Waals surface area contributed by atoms with Crippen molar-refractivity contribution in [3.05, 3.63) is 52.2 Å². The van der Waals surface area contributed by atoms with Crippen molar-refractivity contribution in [3.63, 3.8) is 0 Å². The van der Waals surface area contributed by atoms with E-state index < -0.39 is 5.97 Å². The van der Waals surface area contributed by atoms with Crippen LogP contribution < -0.4 is 0 Å². The van der Waals surface area contributed by atoms with Crippen LogP contribution in [0.3, 0.4) is 0 Å². The molecular weight excluding hydrogens is 232 g/mol. The van der Waals surface area contributed by atoms with Gasteiger partial charge in [-0.05, 0) is 35.6 Å². The quantitative estimate of drug-likeness (QED) is 0.831. The number of aliphatic carboxylic acids is 1. The van der Waals surface area contributed by atoms with E-state index in [1.54, 1.807) is 24.3 Å². The average molecular weight is 244 g/mol. The van der Waals surface area contributed by atoms with Gasteiger partial charge in [-0.15, -0.1) is 11.3 Å². The van der Waals surface area contributed by atoms with Crippen LogP contribution >= 0.6 is 11.3 Å². The molecule has 0 saturated heterocycles. The van der Waals surface area contributed by atoms with Crippen molar-refractivity contribution in [2.45, 2.75) is 6.92 Å². The molecule has 1 aromatic carbocycles. The zero-order chi connectivity index (χ0) is 12.3. The smallest absolute Gasteiger partial charge is 0.331 e. The Bertz CT molecular complexity index is 553. The number of carbonyl (C=O) groups is 1. The molecule has 0 spiro atoms. The van der Waals surface area contributed by atoms with Crippen LogP contribution in [0, 0.1) is 0 Å². The van der Waals surface area contributed by atoms with Gasteiger partial charge in [0.15, 0.2) is 0 Å². The Hall–Kier alpha value is -1.87. The van der Waals surface area contributed by atoms with Crippen molar-refractivity contribution in [1.82, 2.24) is 0 Å². The highest BCUT2D eigenvalue weighted by Gasteiger charge is 2.03. The summed E-state index contributed by atoms with van der Waals surface area (Å²) in [5, 5.41) is 10.8. The lowest BCUT2D eigenvalue weighted by atomic mass is 10.1. The zero-order valence-corrected chi connectivity index (χ0v) is 10.2. The summed E-state index contributed by atoms with van der Waals surface area (Å²) >= 11 is 1.55. The summed E-state index contributed by atoms with van der Waals surface area (Å²) in [6, 6.07) is 12.0. The molecule has 0 atom stereocenters. The normalized spacial score (nSPS) is 11.5. The highest BCUT2D eigenvalue weighted by Crippen LogP contribution is 2.26. The molecule has 0 fully saturated rings. The fourth-order valence-corrected chi connectivity index (χ4v) is 2.39. The number of carboxylic acid groups (broad SMARTS) is 1. The Balaban J connectivity index is 2.29. The van der Waals surface area contributed by atoms with Crippen LogP contribution in [0.4, 0.5) is 0 Å². The van der Waals surface area contributed by atoms with Gasteiger partial charge in [0.25, 0.3) is 0 Å². The molecule has 86 valence electrons. The first kappa shape index (κ1) is 11.6. The van der Waals surface area contributed by atoms with Gasteiger partial charge < -0.3 is 5.11 Å². The number of hydrogen-bond donors (Lipinski definition) is 1. The predicted octanol–water partition coefficient (Wildman–Crippen LogP) is 3.90. The summed E-state index contributed by atoms with van der Waals surface area (Å²) in [6.45, 7) is 1.60. The second kappa shape index (κ2) is 4.97. The molecule has 0 aliphatic heterocycles. The van der Waals surface area contributed by atoms with Gasteiger partial charge in [0.2, 0.25) is 0 Å². The molecule has 1 aromatic heterocycles. The molecule has 1 N–H and O–H groups in total. The van der Waals surface area contributed by atoms with E-state index in [2.05, 4.69) is 0 Å². The van der Waals surface area contributed by atoms with Crippen LogP contribution in [0.2, 0.25) is 0 Å². The van der Waals surface area contributed by atoms with E-state index in [9.17, 15) is 4.79 Å². The molecule has 0 unspecified atom stereocenters. The minimum absolute atomic E-state index is 0.353. The van der Waals surface area contributed by atoms with Crippen LogP contribution in [0.5, 0.6) is 0 Å². The Morgan fingerprint density at radius 2 is 1.94 bits per heavy atom. The summed E-state index contributed by atoms with van der Waals surface area (Å²) in [7, 11) is 0. The van der Waals surface area contributed by atoms with E-state index in [1.165, 1.54) is 0 Å². The van der Waals surface area contributed by atoms with Crippen molar-refractivity contribution in [2.75, 3.05) is 0 Å². The fraction of sp³-hybridized carbons (Fsp3) is 0.0714. The first-order valence-electron chi connectivity index (χ1n) is 5.22. The van der Waals surface area contributed by atoms with E-state index in [-0.39, 0.29) is 0 Å². The first-order chi connectivity index (χ1) is 8.16. The third-order valence-electron chi connectivity index (χ3n) is 2.42. The van der Waals surface area contributed by atoms with E-state index in [1.807, 2.05) is 41.8 Å². The number of thiophene rings is 1. The molecule has 1 heterocycles. The minimum atomic E-state index is -0.875. The van der Waals surface area contributed by atoms with Crippen LogP contribution in [0.25, 0.3) is 17.2 Å². The number of benzene rings is 1. The largest absolute Gasteiger partial charge is 0.478 e. The maximum absolute atomic E-state index is 10.7. The fourth-order valence-electron chi connectivity index (χ4n) is 1.49. The standard InChI is InChI=1S/C14H12O2S/c1-10(14(15)16)7-13-8-12(9-17-13)11-5-3-2-4-6-11/h2-9H,1H3,(H,15,16). The summed E-state index contributed by atoms with van der Waals surface area (Å²) in [5.74, 6) is -0.875. The lowest BCUT2D eigenvalue weighted by molar-refractivity contribution is -0.132. The first-order valence-corrected chi connectivity index (χ1v) is 6.10. The van der Waals surface area contributed by atoms with Gasteiger partial charge in [-0.25, -0.2) is 4.79 Å². The molecule has 0 saturated carbocycles. The zero-order valence-electron chi connectivity index (χ0n) is 9.38. The van der Waals surface area contributed by atoms with Gasteiger partial charge >= 0.3 is 5.97 Å². The maximum Gasteiger partial charge on any atom is 0.331 e. The van der Waals surface area contributed by atoms with Crippen molar-refractivity contribution in [2.24, 2.45) is 0 Å². The van der Waals surface area contributed by atoms with Crippen LogP contribution in [-0.2, 0) is 4.79 Å². The van der Waals surface area contributed by atoms with Gasteiger partial charge in [0.05, 0.1) is 0 Å². The number of rotatable bonds is 3. The second-order valence-corrected chi connectivity index (χ2v) is 4.68. The Labute approximate surface area is 104 Å². The molecule has 2 nitrogen and oxygen atoms in total. The summed E-state index contributed by atoms with van der Waals surface area (Å²) in [6.07, 6.45) is 1.69. The molecule has 17 heavy (non-hydrogen) atoms. The molecule has 0 bridgehead atoms. The minimum Gasteiger partial charge on any atom is -0.478 e. The Morgan fingerprint density at radius 1 is 1.24 bits per heavy atom. The maximum atomic E-state index is 10.7. The van der Waals surface area contributed by atoms with Gasteiger partial charge in [-0.3, -0.25) is 0 Å². The third-order valence-corrected chi connectivity index (χ3v) is 3.30. The average Bonchev–Trinajstić information content (AvgIpc) is 2.78. The summed E-state index contributed by atoms with van der Waals surface area (Å²) in [5.41, 5.74) is 2.63. The molecule has 2 rings (SSSR count). The van der Waals surface area contributed by atoms with Crippen molar-refractivity contribution >= 4 is 23.4 Å². The van der Waals surface area contributed by atoms with Crippen molar-refractivity contribution in [3.8, 4) is 11.1 Å². The Kier molecular flexibility index (Phi) is 3.40. The third kappa shape index (κ3) is 2.82. The van der Waals surface area contributed by atoms with Crippen LogP contribution in [-0.4, -0.2) is 11.1 Å². The molecule has 0 amide bonds. The van der Waals surface area contributed by atoms with Gasteiger partial charge in [0, 0.05) is 10.5 Å². The lowest BCUT2D eigenvalue weighted by Gasteiger charge is -1.94. The van der Waals surface area contributed by atoms with Crippen molar-refractivity contribution in [1.29, 1.82) is 0 Å². The summed E-state index contributed by atoms with van der Waals surface area (Å²) < 4.78 is 0. The molecular formula is C14H12O2S. The molecule has 0 radical (unpaired) electrons. The number of hydrogen-bond acceptors (Lipinski definition) is 2. The highest BCUT2D eigenvalue weighted by atomic mass is 32.1. The monoisotopic (exact) mass is 244 g/mol. The number of carboxylic acids is 1. The van der Waals surface area contributed by atoms with Gasteiger partial charge in [-0.1, -0.05) is 30.3 Å². The van der Waals surface area contributed by atoms with E-state index in [0.29, 0.717) is 5.57 Å². The molecule has 0 aliphatic carbocycles. The van der Waals surface area contributed by atoms with E-state index >= 15 is 0 Å². The predicted molar refractivity (Wildman–Crippen MR) is 71.0 cm³/mol. The SMILES string of the molecule is CC(=Cc1cc(-c2ccccc2)cs1)C(=O)O. The van der Waals surface area contributed by atoms with Crippen molar-refractivity contribution < 1.29 is 9.90 Å². The lowest BCUT2D eigenvalue weighted by Crippen LogP contribution is -1.94. The van der Waals surface area contributed by atoms with Gasteiger partial charge in [-0.2, -0.15) is 0 Å². The Morgan fingerprint density at radius 3 is 2.59 bits per heavy atom. The van der Waals surface area contributed by atoms with Crippen LogP contribution in [0.1, 0.15) is 11.8 Å². The molecule has 3 heteroatoms. The molecule has 2 aromatic rings. The van der Waals surface area contributed by atoms with Gasteiger partial charge in [0.1, 0.15) is 0 Å². The van der Waals surface area contributed by atoms with E-state index in [4.69, 9.17) is 5.11 Å². The van der Waals surface area contributed by atoms with E-state index in [0.717, 1.165) is 16.0 Å². The van der Waals surface area contributed by atoms with Crippen LogP contribution in [0.15, 0.2) is 47.4 Å². The topological polar surface area (TPSA) is 37.3 Å². The summed E-state index contributed by atoms with van der Waals surface area (Å²) in [4.78, 5) is 11.7. The molecule has 0 aliphatic rings. The highest BCUT2D eigenvalue weighted by molar-refractivity contribution is 7.11.